The van der Waals surface area contributed by atoms with Crippen LogP contribution in [0.1, 0.15) is 16.3 Å². The number of morpholine rings is 1. The van der Waals surface area contributed by atoms with Crippen LogP contribution >= 0.6 is 11.3 Å². The Hall–Kier alpha value is -3.39. The number of hydrogen-bond donors (Lipinski definition) is 1. The fourth-order valence-electron chi connectivity index (χ4n) is 4.19. The van der Waals surface area contributed by atoms with Crippen molar-refractivity contribution in [1.29, 1.82) is 0 Å². The molecule has 11 nitrogen and oxygen atoms in total. The maximum absolute atomic E-state index is 13.3. The highest BCUT2D eigenvalue weighted by molar-refractivity contribution is 7.94. The highest BCUT2D eigenvalue weighted by Crippen LogP contribution is 2.32. The number of pyridine rings is 2. The number of methoxy groups -OCH3 is 1. The van der Waals surface area contributed by atoms with Gasteiger partial charge >= 0.3 is 0 Å². The molecule has 5 rings (SSSR count). The third-order valence-electron chi connectivity index (χ3n) is 6.00. The number of thiazole rings is 1. The number of aromatic nitrogens is 4. The van der Waals surface area contributed by atoms with Crippen molar-refractivity contribution in [3.63, 3.8) is 0 Å². The van der Waals surface area contributed by atoms with Crippen LogP contribution in [0.5, 0.6) is 5.88 Å². The summed E-state index contributed by atoms with van der Waals surface area (Å²) in [6.07, 6.45) is 4.87. The molecule has 0 atom stereocenters. The van der Waals surface area contributed by atoms with Crippen LogP contribution in [0.15, 0.2) is 45.8 Å². The Bertz CT molecular complexity index is 1630. The van der Waals surface area contributed by atoms with E-state index in [-0.39, 0.29) is 21.3 Å². The lowest BCUT2D eigenvalue weighted by Crippen LogP contribution is -2.37. The summed E-state index contributed by atoms with van der Waals surface area (Å²) in [5.41, 5.74) is 2.82. The molecular weight excluding hydrogens is 516 g/mol. The summed E-state index contributed by atoms with van der Waals surface area (Å²) in [5, 5.41) is 0.653. The molecule has 1 fully saturated rings. The summed E-state index contributed by atoms with van der Waals surface area (Å²) in [6, 6.07) is 5.18. The van der Waals surface area contributed by atoms with Crippen molar-refractivity contribution in [2.45, 2.75) is 24.6 Å². The van der Waals surface area contributed by atoms with Gasteiger partial charge in [0.1, 0.15) is 11.3 Å². The van der Waals surface area contributed by atoms with Gasteiger partial charge in [-0.05, 0) is 32.0 Å². The topological polar surface area (TPSA) is 128 Å². The number of hydrogen-bond acceptors (Lipinski definition) is 10. The second-order valence-electron chi connectivity index (χ2n) is 8.62. The number of rotatable bonds is 7. The lowest BCUT2D eigenvalue weighted by molar-refractivity contribution is 0.0339. The first-order valence-corrected chi connectivity index (χ1v) is 13.9. The van der Waals surface area contributed by atoms with Gasteiger partial charge in [-0.2, -0.15) is 0 Å². The molecule has 37 heavy (non-hydrogen) atoms. The number of sulfonamides is 1. The van der Waals surface area contributed by atoms with Crippen LogP contribution in [0, 0.1) is 13.8 Å². The summed E-state index contributed by atoms with van der Waals surface area (Å²) in [6.45, 7) is 6.71. The molecule has 0 bridgehead atoms. The van der Waals surface area contributed by atoms with Gasteiger partial charge in [0, 0.05) is 49.4 Å². The molecular formula is C24H26N6O5S2. The van der Waals surface area contributed by atoms with Gasteiger partial charge in [-0.3, -0.25) is 18.8 Å². The van der Waals surface area contributed by atoms with E-state index in [1.165, 1.54) is 11.5 Å². The number of fused-ring (bicyclic) bond motifs is 1. The molecule has 1 N–H and O–H groups in total. The number of ether oxygens (including phenoxy) is 2. The van der Waals surface area contributed by atoms with Crippen LogP contribution in [-0.2, 0) is 21.3 Å². The van der Waals surface area contributed by atoms with Crippen molar-refractivity contribution < 1.29 is 17.9 Å². The Balaban J connectivity index is 1.50. The van der Waals surface area contributed by atoms with Crippen molar-refractivity contribution >= 4 is 32.7 Å². The smallest absolute Gasteiger partial charge is 0.273 e. The van der Waals surface area contributed by atoms with Crippen molar-refractivity contribution in [2.75, 3.05) is 38.1 Å². The van der Waals surface area contributed by atoms with Crippen LogP contribution in [0.3, 0.4) is 0 Å². The molecule has 1 saturated heterocycles. The minimum atomic E-state index is -3.91. The van der Waals surface area contributed by atoms with Crippen molar-refractivity contribution in [3.05, 3.63) is 63.4 Å². The molecule has 4 aromatic heterocycles. The predicted molar refractivity (Wildman–Crippen MR) is 140 cm³/mol. The number of nitrogens with one attached hydrogen (secondary N) is 1. The molecule has 1 aliphatic rings. The third-order valence-corrected chi connectivity index (χ3v) is 9.05. The van der Waals surface area contributed by atoms with E-state index in [0.29, 0.717) is 52.8 Å². The van der Waals surface area contributed by atoms with E-state index in [9.17, 15) is 13.2 Å². The van der Waals surface area contributed by atoms with Crippen LogP contribution in [0.4, 0.5) is 5.69 Å². The van der Waals surface area contributed by atoms with Gasteiger partial charge in [-0.15, -0.1) is 11.3 Å². The number of nitrogens with zero attached hydrogens (tertiary/aromatic N) is 5. The Morgan fingerprint density at radius 2 is 1.92 bits per heavy atom. The number of anilines is 1. The first-order valence-electron chi connectivity index (χ1n) is 11.6. The Morgan fingerprint density at radius 1 is 1.14 bits per heavy atom. The van der Waals surface area contributed by atoms with E-state index in [2.05, 4.69) is 24.6 Å². The fraction of sp³-hybridized carbons (Fsp3) is 0.333. The molecule has 1 aliphatic heterocycles. The van der Waals surface area contributed by atoms with Gasteiger partial charge in [0.15, 0.2) is 4.21 Å². The van der Waals surface area contributed by atoms with Gasteiger partial charge in [0.05, 0.1) is 36.6 Å². The zero-order chi connectivity index (χ0) is 26.2. The maximum Gasteiger partial charge on any atom is 0.273 e. The maximum atomic E-state index is 13.3. The quantitative estimate of drug-likeness (QED) is 0.374. The van der Waals surface area contributed by atoms with Gasteiger partial charge in [0.25, 0.3) is 15.6 Å². The van der Waals surface area contributed by atoms with Crippen molar-refractivity contribution in [1.82, 2.24) is 24.3 Å². The Kier molecular flexibility index (Phi) is 6.94. The normalized spacial score (nSPS) is 14.7. The van der Waals surface area contributed by atoms with Gasteiger partial charge < -0.3 is 9.47 Å². The average Bonchev–Trinajstić information content (AvgIpc) is 3.24. The molecule has 0 spiro atoms. The zero-order valence-electron chi connectivity index (χ0n) is 20.6. The monoisotopic (exact) mass is 542 g/mol. The molecule has 0 aromatic carbocycles. The summed E-state index contributed by atoms with van der Waals surface area (Å²) >= 11 is 1.09. The molecule has 194 valence electrons. The average molecular weight is 543 g/mol. The summed E-state index contributed by atoms with van der Waals surface area (Å²) < 4.78 is 41.1. The van der Waals surface area contributed by atoms with E-state index in [1.807, 2.05) is 6.07 Å². The molecule has 0 saturated carbocycles. The minimum absolute atomic E-state index is 0.124. The molecule has 0 aliphatic carbocycles. The minimum Gasteiger partial charge on any atom is -0.480 e. The van der Waals surface area contributed by atoms with E-state index in [1.54, 1.807) is 44.6 Å². The summed E-state index contributed by atoms with van der Waals surface area (Å²) in [7, 11) is -2.49. The van der Waals surface area contributed by atoms with Crippen molar-refractivity contribution in [3.8, 4) is 17.0 Å². The fourth-order valence-corrected chi connectivity index (χ4v) is 6.73. The molecule has 0 radical (unpaired) electrons. The van der Waals surface area contributed by atoms with Gasteiger partial charge in [-0.25, -0.2) is 23.4 Å². The second kappa shape index (κ2) is 10.2. The SMILES string of the molecule is COc1ncc(-c2ccc3ncc(CN4CCOCC4)c(=O)n3c2)cc1NS(=O)(=O)c1sc(C)nc1C. The highest BCUT2D eigenvalue weighted by atomic mass is 32.2. The first-order chi connectivity index (χ1) is 17.7. The van der Waals surface area contributed by atoms with Crippen LogP contribution in [0.2, 0.25) is 0 Å². The number of aryl methyl sites for hydroxylation is 2. The summed E-state index contributed by atoms with van der Waals surface area (Å²) in [4.78, 5) is 28.4. The highest BCUT2D eigenvalue weighted by Gasteiger charge is 2.23. The molecule has 4 aromatic rings. The Labute approximate surface area is 217 Å². The van der Waals surface area contributed by atoms with E-state index in [4.69, 9.17) is 9.47 Å². The van der Waals surface area contributed by atoms with Crippen LogP contribution < -0.4 is 15.0 Å². The molecule has 0 amide bonds. The van der Waals surface area contributed by atoms with E-state index < -0.39 is 10.0 Å². The van der Waals surface area contributed by atoms with Gasteiger partial charge in [-0.1, -0.05) is 0 Å². The standard InChI is InChI=1S/C24H26N6O5S2/c1-15-24(36-16(2)27-15)37(32,33)28-20-10-18(11-26-22(20)34-3)17-4-5-21-25-12-19(23(31)30(21)14-17)13-29-6-8-35-9-7-29/h4-5,10-12,14,28H,6-9,13H2,1-3H3. The predicted octanol–water partition coefficient (Wildman–Crippen LogP) is 2.47. The largest absolute Gasteiger partial charge is 0.480 e. The summed E-state index contributed by atoms with van der Waals surface area (Å²) in [5.74, 6) is 0.124. The van der Waals surface area contributed by atoms with E-state index >= 15 is 0 Å². The lowest BCUT2D eigenvalue weighted by atomic mass is 10.1. The van der Waals surface area contributed by atoms with Gasteiger partial charge in [0.2, 0.25) is 5.88 Å². The van der Waals surface area contributed by atoms with E-state index in [0.717, 1.165) is 24.4 Å². The first kappa shape index (κ1) is 25.3. The lowest BCUT2D eigenvalue weighted by Gasteiger charge is -2.26. The van der Waals surface area contributed by atoms with Crippen LogP contribution in [-0.4, -0.2) is 66.1 Å². The third kappa shape index (κ3) is 5.21. The molecule has 13 heteroatoms. The van der Waals surface area contributed by atoms with Crippen molar-refractivity contribution in [2.24, 2.45) is 0 Å². The second-order valence-corrected chi connectivity index (χ2v) is 11.7. The molecule has 5 heterocycles. The Morgan fingerprint density at radius 3 is 2.62 bits per heavy atom. The zero-order valence-corrected chi connectivity index (χ0v) is 22.2. The van der Waals surface area contributed by atoms with Crippen LogP contribution in [0.25, 0.3) is 16.8 Å². The molecule has 0 unspecified atom stereocenters.